The van der Waals surface area contributed by atoms with Gasteiger partial charge in [0.15, 0.2) is 0 Å². The quantitative estimate of drug-likeness (QED) is 0.780. The molecule has 1 atom stereocenters. The van der Waals surface area contributed by atoms with Crippen molar-refractivity contribution >= 4 is 35.6 Å². The molecule has 0 aliphatic heterocycles. The normalized spacial score (nSPS) is 12.0. The van der Waals surface area contributed by atoms with Gasteiger partial charge in [-0.15, -0.1) is 12.4 Å². The van der Waals surface area contributed by atoms with E-state index in [4.69, 9.17) is 28.9 Å². The van der Waals surface area contributed by atoms with Crippen LogP contribution in [0, 0.1) is 0 Å². The first-order valence-corrected chi connectivity index (χ1v) is 4.07. The Kier molecular flexibility index (Phi) is 4.95. The highest BCUT2D eigenvalue weighted by Crippen LogP contribution is 2.24. The van der Waals surface area contributed by atoms with Crippen molar-refractivity contribution in [1.29, 1.82) is 0 Å². The van der Waals surface area contributed by atoms with Gasteiger partial charge in [-0.25, -0.2) is 0 Å². The second-order valence-corrected chi connectivity index (χ2v) is 3.28. The lowest BCUT2D eigenvalue weighted by molar-refractivity contribution is 0.818. The molecule has 4 heteroatoms. The van der Waals surface area contributed by atoms with Crippen molar-refractivity contribution in [2.24, 2.45) is 5.73 Å². The molecule has 0 aliphatic carbocycles. The second kappa shape index (κ2) is 4.93. The Hall–Kier alpha value is 0.0500. The van der Waals surface area contributed by atoms with Crippen molar-refractivity contribution in [3.63, 3.8) is 0 Å². The molecule has 0 amide bonds. The van der Waals surface area contributed by atoms with Crippen molar-refractivity contribution in [2.75, 3.05) is 0 Å². The maximum Gasteiger partial charge on any atom is 0.0595 e. The van der Waals surface area contributed by atoms with Crippen molar-refractivity contribution in [3.05, 3.63) is 33.8 Å². The molecule has 12 heavy (non-hydrogen) atoms. The molecule has 1 aromatic carbocycles. The Bertz CT molecular complexity index is 260. The molecule has 1 nitrogen and oxygen atoms in total. The molecule has 1 rings (SSSR count). The molecular formula is C8H10Cl3N. The molecule has 0 aromatic heterocycles. The summed E-state index contributed by atoms with van der Waals surface area (Å²) in [6, 6.07) is 5.42. The van der Waals surface area contributed by atoms with Gasteiger partial charge in [0.1, 0.15) is 0 Å². The Morgan fingerprint density at radius 3 is 2.25 bits per heavy atom. The predicted octanol–water partition coefficient (Wildman–Crippen LogP) is 3.43. The first kappa shape index (κ1) is 12.0. The summed E-state index contributed by atoms with van der Waals surface area (Å²) in [5.41, 5.74) is 6.63. The molecule has 2 N–H and O–H groups in total. The molecule has 1 aromatic rings. The summed E-state index contributed by atoms with van der Waals surface area (Å²) >= 11 is 11.5. The van der Waals surface area contributed by atoms with Crippen LogP contribution in [0.1, 0.15) is 18.5 Å². The summed E-state index contributed by atoms with van der Waals surface area (Å²) in [6.45, 7) is 1.90. The number of halogens is 3. The van der Waals surface area contributed by atoms with Crippen LogP contribution in [0.3, 0.4) is 0 Å². The van der Waals surface area contributed by atoms with Crippen LogP contribution in [0.15, 0.2) is 18.2 Å². The maximum atomic E-state index is 5.77. The Balaban J connectivity index is 0.00000121. The SMILES string of the molecule is C[C@H](N)c1ccc(Cl)c(Cl)c1.Cl. The smallest absolute Gasteiger partial charge is 0.0595 e. The molecule has 0 saturated carbocycles. The second-order valence-electron chi connectivity index (χ2n) is 2.46. The summed E-state index contributed by atoms with van der Waals surface area (Å²) in [5, 5.41) is 1.12. The molecule has 0 spiro atoms. The average Bonchev–Trinajstić information content (AvgIpc) is 1.94. The van der Waals surface area contributed by atoms with Gasteiger partial charge in [0.2, 0.25) is 0 Å². The predicted molar refractivity (Wildman–Crippen MR) is 56.3 cm³/mol. The van der Waals surface area contributed by atoms with Gasteiger partial charge < -0.3 is 5.73 Å². The van der Waals surface area contributed by atoms with Crippen molar-refractivity contribution in [3.8, 4) is 0 Å². The third-order valence-corrected chi connectivity index (χ3v) is 2.21. The van der Waals surface area contributed by atoms with E-state index < -0.39 is 0 Å². The lowest BCUT2D eigenvalue weighted by atomic mass is 10.1. The molecule has 0 bridgehead atoms. The highest BCUT2D eigenvalue weighted by Gasteiger charge is 2.01. The van der Waals surface area contributed by atoms with Gasteiger partial charge in [-0.3, -0.25) is 0 Å². The summed E-state index contributed by atoms with van der Waals surface area (Å²) < 4.78 is 0. The van der Waals surface area contributed by atoms with E-state index in [2.05, 4.69) is 0 Å². The molecule has 0 aliphatic rings. The number of benzene rings is 1. The van der Waals surface area contributed by atoms with Crippen LogP contribution in [0.25, 0.3) is 0 Å². The molecule has 0 unspecified atom stereocenters. The average molecular weight is 227 g/mol. The van der Waals surface area contributed by atoms with Gasteiger partial charge in [-0.2, -0.15) is 0 Å². The minimum absolute atomic E-state index is 0. The first-order valence-electron chi connectivity index (χ1n) is 3.32. The van der Waals surface area contributed by atoms with Crippen LogP contribution < -0.4 is 5.73 Å². The molecule has 0 fully saturated rings. The summed E-state index contributed by atoms with van der Waals surface area (Å²) in [6.07, 6.45) is 0. The fourth-order valence-corrected chi connectivity index (χ4v) is 1.10. The van der Waals surface area contributed by atoms with Gasteiger partial charge in [0.25, 0.3) is 0 Å². The van der Waals surface area contributed by atoms with Crippen LogP contribution in [0.2, 0.25) is 10.0 Å². The van der Waals surface area contributed by atoms with Crippen LogP contribution in [-0.2, 0) is 0 Å². The van der Waals surface area contributed by atoms with Gasteiger partial charge in [-0.1, -0.05) is 29.3 Å². The highest BCUT2D eigenvalue weighted by molar-refractivity contribution is 6.42. The Morgan fingerprint density at radius 1 is 1.25 bits per heavy atom. The van der Waals surface area contributed by atoms with E-state index in [0.29, 0.717) is 10.0 Å². The summed E-state index contributed by atoms with van der Waals surface area (Å²) in [4.78, 5) is 0. The topological polar surface area (TPSA) is 26.0 Å². The van der Waals surface area contributed by atoms with E-state index in [1.54, 1.807) is 12.1 Å². The van der Waals surface area contributed by atoms with Gasteiger partial charge in [-0.05, 0) is 24.6 Å². The van der Waals surface area contributed by atoms with Crippen LogP contribution in [0.4, 0.5) is 0 Å². The van der Waals surface area contributed by atoms with Crippen molar-refractivity contribution in [2.45, 2.75) is 13.0 Å². The highest BCUT2D eigenvalue weighted by atomic mass is 35.5. The molecule has 0 radical (unpaired) electrons. The lowest BCUT2D eigenvalue weighted by Gasteiger charge is -2.05. The molecular weight excluding hydrogens is 216 g/mol. The van der Waals surface area contributed by atoms with E-state index in [0.717, 1.165) is 5.56 Å². The summed E-state index contributed by atoms with van der Waals surface area (Å²) in [7, 11) is 0. The van der Waals surface area contributed by atoms with Crippen LogP contribution in [-0.4, -0.2) is 0 Å². The van der Waals surface area contributed by atoms with Gasteiger partial charge >= 0.3 is 0 Å². The number of nitrogens with two attached hydrogens (primary N) is 1. The van der Waals surface area contributed by atoms with E-state index in [-0.39, 0.29) is 18.4 Å². The Morgan fingerprint density at radius 2 is 1.83 bits per heavy atom. The van der Waals surface area contributed by atoms with Crippen molar-refractivity contribution < 1.29 is 0 Å². The molecule has 68 valence electrons. The largest absolute Gasteiger partial charge is 0.324 e. The van der Waals surface area contributed by atoms with E-state index in [9.17, 15) is 0 Å². The minimum atomic E-state index is 0. The summed E-state index contributed by atoms with van der Waals surface area (Å²) in [5.74, 6) is 0. The lowest BCUT2D eigenvalue weighted by Crippen LogP contribution is -2.04. The fourth-order valence-electron chi connectivity index (χ4n) is 0.796. The van der Waals surface area contributed by atoms with Crippen LogP contribution >= 0.6 is 35.6 Å². The third kappa shape index (κ3) is 2.83. The molecule has 0 saturated heterocycles. The number of rotatable bonds is 1. The van der Waals surface area contributed by atoms with Gasteiger partial charge in [0, 0.05) is 6.04 Å². The number of hydrogen-bond donors (Lipinski definition) is 1. The zero-order valence-electron chi connectivity index (χ0n) is 6.55. The van der Waals surface area contributed by atoms with Crippen molar-refractivity contribution in [1.82, 2.24) is 0 Å². The number of hydrogen-bond acceptors (Lipinski definition) is 1. The van der Waals surface area contributed by atoms with Gasteiger partial charge in [0.05, 0.1) is 10.0 Å². The Labute approximate surface area is 88.3 Å². The zero-order valence-corrected chi connectivity index (χ0v) is 8.88. The zero-order chi connectivity index (χ0) is 8.43. The van der Waals surface area contributed by atoms with E-state index >= 15 is 0 Å². The third-order valence-electron chi connectivity index (χ3n) is 1.47. The monoisotopic (exact) mass is 225 g/mol. The molecule has 0 heterocycles. The first-order chi connectivity index (χ1) is 5.11. The van der Waals surface area contributed by atoms with E-state index in [1.165, 1.54) is 0 Å². The standard InChI is InChI=1S/C8H9Cl2N.ClH/c1-5(11)6-2-3-7(9)8(10)4-6;/h2-5H,11H2,1H3;1H/t5-;/m0./s1. The minimum Gasteiger partial charge on any atom is -0.324 e. The fraction of sp³-hybridized carbons (Fsp3) is 0.250. The van der Waals surface area contributed by atoms with Crippen LogP contribution in [0.5, 0.6) is 0 Å². The maximum absolute atomic E-state index is 5.77. The van der Waals surface area contributed by atoms with E-state index in [1.807, 2.05) is 13.0 Å².